The molecule has 166 valence electrons. The first-order chi connectivity index (χ1) is 16.1. The largest absolute Gasteiger partial charge is 0.497 e. The second kappa shape index (κ2) is 10.3. The zero-order chi connectivity index (χ0) is 23.0. The molecule has 0 aliphatic heterocycles. The minimum absolute atomic E-state index is 0.296. The molecule has 0 bridgehead atoms. The number of aromatic nitrogens is 2. The maximum atomic E-state index is 12.5. The average molecular weight is 441 g/mol. The van der Waals surface area contributed by atoms with Gasteiger partial charge >= 0.3 is 0 Å². The van der Waals surface area contributed by atoms with Crippen LogP contribution in [0.15, 0.2) is 84.0 Å². The van der Waals surface area contributed by atoms with Crippen LogP contribution in [0.4, 0.5) is 0 Å². The van der Waals surface area contributed by atoms with E-state index in [0.29, 0.717) is 23.7 Å². The number of hydrogen-bond acceptors (Lipinski definition) is 5. The molecule has 0 unspecified atom stereocenters. The third kappa shape index (κ3) is 5.65. The molecule has 4 rings (SSSR count). The van der Waals surface area contributed by atoms with Crippen molar-refractivity contribution in [1.29, 1.82) is 0 Å². The lowest BCUT2D eigenvalue weighted by Crippen LogP contribution is -2.17. The number of aromatic amines is 1. The van der Waals surface area contributed by atoms with E-state index in [-0.39, 0.29) is 0 Å². The van der Waals surface area contributed by atoms with Crippen LogP contribution in [-0.2, 0) is 6.61 Å². The summed E-state index contributed by atoms with van der Waals surface area (Å²) in [4.78, 5) is 12.5. The zero-order valence-electron chi connectivity index (χ0n) is 18.4. The molecule has 0 atom stereocenters. The van der Waals surface area contributed by atoms with Crippen LogP contribution in [-0.4, -0.2) is 29.4 Å². The van der Waals surface area contributed by atoms with Gasteiger partial charge in [-0.1, -0.05) is 42.0 Å². The summed E-state index contributed by atoms with van der Waals surface area (Å²) in [5.74, 6) is 1.05. The van der Waals surface area contributed by atoms with E-state index in [4.69, 9.17) is 9.47 Å². The van der Waals surface area contributed by atoms with E-state index in [1.54, 1.807) is 19.4 Å². The van der Waals surface area contributed by atoms with E-state index >= 15 is 0 Å². The standard InChI is InChI=1S/C26H24N4O3/c1-18-7-9-20(10-8-18)17-33-25-6-4-3-5-22(25)23-15-24(29-28-23)26(31)30-27-16-19-11-13-21(32-2)14-12-19/h3-16H,17H2,1-2H3,(H,28,29)(H,30,31)/b27-16+. The molecule has 1 aromatic heterocycles. The van der Waals surface area contributed by atoms with Gasteiger partial charge in [-0.25, -0.2) is 5.43 Å². The number of nitrogens with zero attached hydrogens (tertiary/aromatic N) is 2. The van der Waals surface area contributed by atoms with E-state index in [0.717, 1.165) is 22.4 Å². The number of hydrazone groups is 1. The highest BCUT2D eigenvalue weighted by Crippen LogP contribution is 2.29. The first-order valence-electron chi connectivity index (χ1n) is 10.4. The van der Waals surface area contributed by atoms with Crippen LogP contribution in [0.2, 0.25) is 0 Å². The lowest BCUT2D eigenvalue weighted by molar-refractivity contribution is 0.0950. The summed E-state index contributed by atoms with van der Waals surface area (Å²) in [5.41, 5.74) is 7.32. The molecular weight excluding hydrogens is 416 g/mol. The highest BCUT2D eigenvalue weighted by atomic mass is 16.5. The summed E-state index contributed by atoms with van der Waals surface area (Å²) in [6, 6.07) is 24.8. The van der Waals surface area contributed by atoms with Crippen molar-refractivity contribution in [3.05, 3.63) is 101 Å². The summed E-state index contributed by atoms with van der Waals surface area (Å²) < 4.78 is 11.2. The topological polar surface area (TPSA) is 88.6 Å². The summed E-state index contributed by atoms with van der Waals surface area (Å²) in [7, 11) is 1.61. The Morgan fingerprint density at radius 1 is 1.06 bits per heavy atom. The molecule has 1 amide bonds. The van der Waals surface area contributed by atoms with Crippen LogP contribution in [0, 0.1) is 6.92 Å². The molecule has 2 N–H and O–H groups in total. The number of rotatable bonds is 8. The summed E-state index contributed by atoms with van der Waals surface area (Å²) in [6.45, 7) is 2.49. The Bertz CT molecular complexity index is 1250. The van der Waals surface area contributed by atoms with Gasteiger partial charge in [-0.05, 0) is 60.5 Å². The number of carbonyl (C=O) groups excluding carboxylic acids is 1. The van der Waals surface area contributed by atoms with Crippen LogP contribution < -0.4 is 14.9 Å². The fourth-order valence-electron chi connectivity index (χ4n) is 3.14. The Labute approximate surface area is 192 Å². The number of benzene rings is 3. The van der Waals surface area contributed by atoms with Crippen molar-refractivity contribution < 1.29 is 14.3 Å². The first kappa shape index (κ1) is 21.8. The molecule has 0 fully saturated rings. The van der Waals surface area contributed by atoms with E-state index in [1.165, 1.54) is 5.56 Å². The van der Waals surface area contributed by atoms with Gasteiger partial charge in [0.25, 0.3) is 5.91 Å². The Kier molecular flexibility index (Phi) is 6.80. The van der Waals surface area contributed by atoms with Crippen LogP contribution in [0.3, 0.4) is 0 Å². The molecule has 33 heavy (non-hydrogen) atoms. The Morgan fingerprint density at radius 3 is 2.58 bits per heavy atom. The van der Waals surface area contributed by atoms with Gasteiger partial charge in [0.1, 0.15) is 23.8 Å². The maximum Gasteiger partial charge on any atom is 0.289 e. The van der Waals surface area contributed by atoms with Gasteiger partial charge in [0.15, 0.2) is 0 Å². The molecule has 1 heterocycles. The van der Waals surface area contributed by atoms with Gasteiger partial charge < -0.3 is 9.47 Å². The second-order valence-electron chi connectivity index (χ2n) is 7.41. The van der Waals surface area contributed by atoms with E-state index < -0.39 is 5.91 Å². The monoisotopic (exact) mass is 440 g/mol. The molecule has 0 saturated carbocycles. The molecule has 0 saturated heterocycles. The van der Waals surface area contributed by atoms with E-state index in [1.807, 2.05) is 60.7 Å². The molecule has 3 aromatic carbocycles. The van der Waals surface area contributed by atoms with Gasteiger partial charge in [0, 0.05) is 5.56 Å². The highest BCUT2D eigenvalue weighted by Gasteiger charge is 2.14. The Balaban J connectivity index is 1.41. The normalized spacial score (nSPS) is 10.8. The van der Waals surface area contributed by atoms with Crippen LogP contribution in [0.5, 0.6) is 11.5 Å². The quantitative estimate of drug-likeness (QED) is 0.306. The van der Waals surface area contributed by atoms with Gasteiger partial charge in [0.05, 0.1) is 19.0 Å². The SMILES string of the molecule is COc1ccc(/C=N/NC(=O)c2cc(-c3ccccc3OCc3ccc(C)cc3)n[nH]2)cc1. The lowest BCUT2D eigenvalue weighted by Gasteiger charge is -2.10. The summed E-state index contributed by atoms with van der Waals surface area (Å²) in [6.07, 6.45) is 1.56. The molecule has 0 radical (unpaired) electrons. The Hall–Kier alpha value is -4.39. The molecule has 7 heteroatoms. The number of aryl methyl sites for hydroxylation is 1. The fraction of sp³-hybridized carbons (Fsp3) is 0.115. The van der Waals surface area contributed by atoms with E-state index in [2.05, 4.69) is 39.8 Å². The Morgan fingerprint density at radius 2 is 1.82 bits per heavy atom. The van der Waals surface area contributed by atoms with Gasteiger partial charge in [-0.15, -0.1) is 0 Å². The number of hydrogen-bond donors (Lipinski definition) is 2. The smallest absolute Gasteiger partial charge is 0.289 e. The van der Waals surface area contributed by atoms with Gasteiger partial charge in [0.2, 0.25) is 0 Å². The van der Waals surface area contributed by atoms with Crippen molar-refractivity contribution in [2.45, 2.75) is 13.5 Å². The van der Waals surface area contributed by atoms with Crippen molar-refractivity contribution in [3.63, 3.8) is 0 Å². The van der Waals surface area contributed by atoms with Crippen molar-refractivity contribution in [2.75, 3.05) is 7.11 Å². The number of carbonyl (C=O) groups is 1. The number of methoxy groups -OCH3 is 1. The molecule has 0 aliphatic carbocycles. The van der Waals surface area contributed by atoms with Gasteiger partial charge in [-0.3, -0.25) is 9.89 Å². The third-order valence-corrected chi connectivity index (χ3v) is 5.00. The highest BCUT2D eigenvalue weighted by molar-refractivity contribution is 5.94. The van der Waals surface area contributed by atoms with Crippen molar-refractivity contribution in [1.82, 2.24) is 15.6 Å². The molecule has 4 aromatic rings. The number of H-pyrrole nitrogens is 1. The molecule has 7 nitrogen and oxygen atoms in total. The first-order valence-corrected chi connectivity index (χ1v) is 10.4. The number of amides is 1. The summed E-state index contributed by atoms with van der Waals surface area (Å²) in [5, 5.41) is 11.1. The minimum atomic E-state index is -0.392. The molecule has 0 spiro atoms. The maximum absolute atomic E-state index is 12.5. The van der Waals surface area contributed by atoms with Gasteiger partial charge in [-0.2, -0.15) is 10.2 Å². The van der Waals surface area contributed by atoms with Crippen molar-refractivity contribution in [2.24, 2.45) is 5.10 Å². The van der Waals surface area contributed by atoms with Crippen LogP contribution in [0.25, 0.3) is 11.3 Å². The predicted octanol–water partition coefficient (Wildman–Crippen LogP) is 4.74. The number of ether oxygens (including phenoxy) is 2. The predicted molar refractivity (Wildman–Crippen MR) is 128 cm³/mol. The lowest BCUT2D eigenvalue weighted by atomic mass is 10.1. The second-order valence-corrected chi connectivity index (χ2v) is 7.41. The number of para-hydroxylation sites is 1. The molecule has 0 aliphatic rings. The third-order valence-electron chi connectivity index (χ3n) is 5.00. The average Bonchev–Trinajstić information content (AvgIpc) is 3.35. The van der Waals surface area contributed by atoms with Crippen LogP contribution >= 0.6 is 0 Å². The summed E-state index contributed by atoms with van der Waals surface area (Å²) >= 11 is 0. The van der Waals surface area contributed by atoms with Crippen LogP contribution in [0.1, 0.15) is 27.2 Å². The van der Waals surface area contributed by atoms with Crippen molar-refractivity contribution >= 4 is 12.1 Å². The van der Waals surface area contributed by atoms with Crippen molar-refractivity contribution in [3.8, 4) is 22.8 Å². The minimum Gasteiger partial charge on any atom is -0.497 e. The number of nitrogens with one attached hydrogen (secondary N) is 2. The van der Waals surface area contributed by atoms with E-state index in [9.17, 15) is 4.79 Å². The fourth-order valence-corrected chi connectivity index (χ4v) is 3.14. The zero-order valence-corrected chi connectivity index (χ0v) is 18.4. The molecular formula is C26H24N4O3.